The number of amides is 1. The van der Waals surface area contributed by atoms with E-state index in [0.29, 0.717) is 27.6 Å². The minimum absolute atomic E-state index is 0.246. The Morgan fingerprint density at radius 2 is 1.72 bits per heavy atom. The van der Waals surface area contributed by atoms with Crippen LogP contribution in [0.15, 0.2) is 101 Å². The molecule has 5 aromatic rings. The molecule has 0 saturated heterocycles. The third-order valence-electron chi connectivity index (χ3n) is 5.90. The van der Waals surface area contributed by atoms with Crippen LogP contribution in [0.2, 0.25) is 5.02 Å². The molecule has 4 aromatic carbocycles. The molecule has 0 atom stereocenters. The number of benzene rings is 4. The Hall–Kier alpha value is -4.40. The fourth-order valence-corrected chi connectivity index (χ4v) is 4.54. The number of halogens is 2. The normalized spacial score (nSPS) is 11.1. The van der Waals surface area contributed by atoms with E-state index in [0.717, 1.165) is 26.5 Å². The zero-order valence-electron chi connectivity index (χ0n) is 20.6. The number of H-pyrrole nitrogens is 1. The fraction of sp³-hybridized carbons (Fsp3) is 0.0333. The van der Waals surface area contributed by atoms with Crippen molar-refractivity contribution in [2.45, 2.75) is 0 Å². The molecule has 0 bridgehead atoms. The summed E-state index contributed by atoms with van der Waals surface area (Å²) < 4.78 is 11.8. The highest BCUT2D eigenvalue weighted by Gasteiger charge is 2.19. The fourth-order valence-electron chi connectivity index (χ4n) is 4.05. The summed E-state index contributed by atoms with van der Waals surface area (Å²) in [4.78, 5) is 28.9. The highest BCUT2D eigenvalue weighted by molar-refractivity contribution is 9.10. The Labute approximate surface area is 237 Å². The van der Waals surface area contributed by atoms with Crippen molar-refractivity contribution in [1.29, 1.82) is 0 Å². The molecule has 1 heterocycles. The molecular weight excluding hydrogens is 582 g/mol. The summed E-state index contributed by atoms with van der Waals surface area (Å²) in [5, 5.41) is 5.57. The van der Waals surface area contributed by atoms with E-state index in [2.05, 4.69) is 31.4 Å². The van der Waals surface area contributed by atoms with Crippen molar-refractivity contribution in [2.75, 3.05) is 7.11 Å². The molecule has 9 heteroatoms. The van der Waals surface area contributed by atoms with Gasteiger partial charge in [-0.1, -0.05) is 57.9 Å². The van der Waals surface area contributed by atoms with E-state index in [1.165, 1.54) is 13.3 Å². The lowest BCUT2D eigenvalue weighted by Crippen LogP contribution is -2.18. The smallest absolute Gasteiger partial charge is 0.343 e. The van der Waals surface area contributed by atoms with Crippen molar-refractivity contribution < 1.29 is 19.1 Å². The predicted molar refractivity (Wildman–Crippen MR) is 156 cm³/mol. The molecule has 0 saturated carbocycles. The standard InChI is InChI=1S/C30H21BrClN3O4/c1-38-26-15-18(7-14-25(26)39-30(37)20-8-11-22(32)12-9-20)17-33-35-29(36)28-27(19-5-3-2-4-6-19)23-16-21(31)10-13-24(23)34-28/h2-17,34H,1H3,(H,35,36). The van der Waals surface area contributed by atoms with Gasteiger partial charge in [0.2, 0.25) is 0 Å². The number of hydrogen-bond acceptors (Lipinski definition) is 5. The number of aromatic amines is 1. The largest absolute Gasteiger partial charge is 0.493 e. The Bertz CT molecular complexity index is 1700. The first-order valence-corrected chi connectivity index (χ1v) is 13.0. The number of methoxy groups -OCH3 is 1. The van der Waals surface area contributed by atoms with Crippen LogP contribution in [0.3, 0.4) is 0 Å². The van der Waals surface area contributed by atoms with E-state index in [-0.39, 0.29) is 5.75 Å². The van der Waals surface area contributed by atoms with Crippen LogP contribution >= 0.6 is 27.5 Å². The van der Waals surface area contributed by atoms with Crippen molar-refractivity contribution in [3.05, 3.63) is 117 Å². The lowest BCUT2D eigenvalue weighted by Gasteiger charge is -2.10. The highest BCUT2D eigenvalue weighted by Crippen LogP contribution is 2.34. The number of fused-ring (bicyclic) bond motifs is 1. The van der Waals surface area contributed by atoms with Crippen LogP contribution in [-0.2, 0) is 0 Å². The third-order valence-corrected chi connectivity index (χ3v) is 6.65. The maximum Gasteiger partial charge on any atom is 0.343 e. The van der Waals surface area contributed by atoms with Gasteiger partial charge >= 0.3 is 5.97 Å². The summed E-state index contributed by atoms with van der Waals surface area (Å²) in [7, 11) is 1.47. The Balaban J connectivity index is 1.34. The Kier molecular flexibility index (Phi) is 7.76. The van der Waals surface area contributed by atoms with Crippen molar-refractivity contribution >= 4 is 56.5 Å². The zero-order valence-corrected chi connectivity index (χ0v) is 22.9. The molecule has 5 rings (SSSR count). The monoisotopic (exact) mass is 601 g/mol. The van der Waals surface area contributed by atoms with Gasteiger partial charge in [-0.15, -0.1) is 0 Å². The minimum Gasteiger partial charge on any atom is -0.493 e. The number of hydrogen-bond donors (Lipinski definition) is 2. The van der Waals surface area contributed by atoms with Crippen LogP contribution in [-0.4, -0.2) is 30.2 Å². The lowest BCUT2D eigenvalue weighted by molar-refractivity contribution is 0.0729. The molecule has 1 aromatic heterocycles. The number of nitrogens with one attached hydrogen (secondary N) is 2. The second-order valence-corrected chi connectivity index (χ2v) is 9.79. The van der Waals surface area contributed by atoms with Crippen LogP contribution in [0, 0.1) is 0 Å². The molecule has 2 N–H and O–H groups in total. The lowest BCUT2D eigenvalue weighted by atomic mass is 10.0. The topological polar surface area (TPSA) is 92.8 Å². The molecular formula is C30H21BrClN3O4. The first kappa shape index (κ1) is 26.2. The number of carbonyl (C=O) groups is 2. The average Bonchev–Trinajstić information content (AvgIpc) is 3.33. The molecule has 0 aliphatic carbocycles. The van der Waals surface area contributed by atoms with Gasteiger partial charge in [0.15, 0.2) is 11.5 Å². The van der Waals surface area contributed by atoms with Gasteiger partial charge in [0.25, 0.3) is 5.91 Å². The van der Waals surface area contributed by atoms with Crippen LogP contribution < -0.4 is 14.9 Å². The van der Waals surface area contributed by atoms with E-state index < -0.39 is 11.9 Å². The highest BCUT2D eigenvalue weighted by atomic mass is 79.9. The van der Waals surface area contributed by atoms with Gasteiger partial charge < -0.3 is 14.5 Å². The molecule has 0 spiro atoms. The van der Waals surface area contributed by atoms with Crippen LogP contribution in [0.4, 0.5) is 0 Å². The van der Waals surface area contributed by atoms with Crippen molar-refractivity contribution in [2.24, 2.45) is 5.10 Å². The molecule has 0 unspecified atom stereocenters. The van der Waals surface area contributed by atoms with Crippen molar-refractivity contribution in [1.82, 2.24) is 10.4 Å². The summed E-state index contributed by atoms with van der Waals surface area (Å²) in [6.07, 6.45) is 1.48. The second kappa shape index (κ2) is 11.6. The van der Waals surface area contributed by atoms with E-state index >= 15 is 0 Å². The number of esters is 1. The number of rotatable bonds is 7. The molecule has 7 nitrogen and oxygen atoms in total. The first-order chi connectivity index (χ1) is 18.9. The van der Waals surface area contributed by atoms with Gasteiger partial charge in [-0.3, -0.25) is 4.79 Å². The van der Waals surface area contributed by atoms with Gasteiger partial charge in [0, 0.05) is 26.0 Å². The average molecular weight is 603 g/mol. The summed E-state index contributed by atoms with van der Waals surface area (Å²) in [5.74, 6) is -0.355. The van der Waals surface area contributed by atoms with Gasteiger partial charge in [0.1, 0.15) is 5.69 Å². The third kappa shape index (κ3) is 5.87. The number of aromatic nitrogens is 1. The minimum atomic E-state index is -0.543. The number of hydrazone groups is 1. The predicted octanol–water partition coefficient (Wildman–Crippen LogP) is 7.24. The van der Waals surface area contributed by atoms with Crippen molar-refractivity contribution in [3.8, 4) is 22.6 Å². The number of carbonyl (C=O) groups excluding carboxylic acids is 2. The molecule has 0 fully saturated rings. The summed E-state index contributed by atoms with van der Waals surface area (Å²) in [6, 6.07) is 26.8. The van der Waals surface area contributed by atoms with Crippen molar-refractivity contribution in [3.63, 3.8) is 0 Å². The molecule has 1 amide bonds. The molecule has 0 aliphatic heterocycles. The molecule has 0 radical (unpaired) electrons. The maximum atomic E-state index is 13.2. The second-order valence-electron chi connectivity index (χ2n) is 8.44. The number of nitrogens with zero attached hydrogens (tertiary/aromatic N) is 1. The SMILES string of the molecule is COc1cc(C=NNC(=O)c2[nH]c3ccc(Br)cc3c2-c2ccccc2)ccc1OC(=O)c1ccc(Cl)cc1. The maximum absolute atomic E-state index is 13.2. The van der Waals surface area contributed by atoms with Gasteiger partial charge in [-0.2, -0.15) is 5.10 Å². The zero-order chi connectivity index (χ0) is 27.4. The van der Waals surface area contributed by atoms with Gasteiger partial charge in [0.05, 0.1) is 18.9 Å². The first-order valence-electron chi connectivity index (χ1n) is 11.8. The van der Waals surface area contributed by atoms with Crippen LogP contribution in [0.5, 0.6) is 11.5 Å². The van der Waals surface area contributed by atoms with E-state index in [4.69, 9.17) is 21.1 Å². The van der Waals surface area contributed by atoms with Gasteiger partial charge in [-0.25, -0.2) is 10.2 Å². The quantitative estimate of drug-likeness (QED) is 0.0889. The molecule has 39 heavy (non-hydrogen) atoms. The number of ether oxygens (including phenoxy) is 2. The van der Waals surface area contributed by atoms with E-state index in [9.17, 15) is 9.59 Å². The summed E-state index contributed by atoms with van der Waals surface area (Å²) in [6.45, 7) is 0. The molecule has 194 valence electrons. The van der Waals surface area contributed by atoms with E-state index in [1.807, 2.05) is 48.5 Å². The van der Waals surface area contributed by atoms with Gasteiger partial charge in [-0.05, 0) is 71.8 Å². The Morgan fingerprint density at radius 3 is 2.46 bits per heavy atom. The van der Waals surface area contributed by atoms with E-state index in [1.54, 1.807) is 42.5 Å². The summed E-state index contributed by atoms with van der Waals surface area (Å²) in [5.41, 5.74) is 6.50. The summed E-state index contributed by atoms with van der Waals surface area (Å²) >= 11 is 9.40. The molecule has 0 aliphatic rings. The Morgan fingerprint density at radius 1 is 0.949 bits per heavy atom. The van der Waals surface area contributed by atoms with Crippen LogP contribution in [0.25, 0.3) is 22.0 Å². The van der Waals surface area contributed by atoms with Crippen LogP contribution in [0.1, 0.15) is 26.4 Å².